The summed E-state index contributed by atoms with van der Waals surface area (Å²) in [5.41, 5.74) is 0.586. The average Bonchev–Trinajstić information content (AvgIpc) is 2.40. The Morgan fingerprint density at radius 3 is 2.56 bits per heavy atom. The van der Waals surface area contributed by atoms with Gasteiger partial charge in [-0.15, -0.1) is 0 Å². The van der Waals surface area contributed by atoms with Gasteiger partial charge in [-0.05, 0) is 25.5 Å². The standard InChI is InChI=1S/C15H20O3/c1-3-5-9-13(15(16)17-4-2)12-18-14-10-7-6-8-11-14/h6-11H,3-5,12H2,1-2H3/b13-9+. The Hall–Kier alpha value is -1.77. The van der Waals surface area contributed by atoms with Crippen molar-refractivity contribution in [2.45, 2.75) is 26.7 Å². The fourth-order valence-electron chi connectivity index (χ4n) is 1.42. The average molecular weight is 248 g/mol. The van der Waals surface area contributed by atoms with Crippen molar-refractivity contribution in [1.82, 2.24) is 0 Å². The van der Waals surface area contributed by atoms with Gasteiger partial charge < -0.3 is 9.47 Å². The second-order valence-electron chi connectivity index (χ2n) is 3.84. The van der Waals surface area contributed by atoms with Gasteiger partial charge in [-0.1, -0.05) is 37.6 Å². The second kappa shape index (κ2) is 8.34. The smallest absolute Gasteiger partial charge is 0.337 e. The van der Waals surface area contributed by atoms with Crippen LogP contribution in [-0.2, 0) is 9.53 Å². The van der Waals surface area contributed by atoms with Crippen molar-refractivity contribution in [3.05, 3.63) is 42.0 Å². The Morgan fingerprint density at radius 2 is 1.94 bits per heavy atom. The predicted octanol–water partition coefficient (Wildman–Crippen LogP) is 3.36. The van der Waals surface area contributed by atoms with Gasteiger partial charge in [-0.2, -0.15) is 0 Å². The SMILES string of the molecule is CCC/C=C(\COc1ccccc1)C(=O)OCC. The van der Waals surface area contributed by atoms with Crippen molar-refractivity contribution in [3.8, 4) is 5.75 Å². The molecule has 0 bridgehead atoms. The molecular formula is C15H20O3. The van der Waals surface area contributed by atoms with Crippen LogP contribution in [-0.4, -0.2) is 19.2 Å². The lowest BCUT2D eigenvalue weighted by Gasteiger charge is -2.09. The van der Waals surface area contributed by atoms with Gasteiger partial charge >= 0.3 is 5.97 Å². The van der Waals surface area contributed by atoms with E-state index >= 15 is 0 Å². The first-order chi connectivity index (χ1) is 8.77. The molecule has 0 radical (unpaired) electrons. The molecule has 18 heavy (non-hydrogen) atoms. The molecule has 0 saturated carbocycles. The third-order valence-corrected chi connectivity index (χ3v) is 2.35. The van der Waals surface area contributed by atoms with Crippen molar-refractivity contribution in [3.63, 3.8) is 0 Å². The van der Waals surface area contributed by atoms with E-state index in [2.05, 4.69) is 6.92 Å². The van der Waals surface area contributed by atoms with E-state index < -0.39 is 0 Å². The number of para-hydroxylation sites is 1. The molecule has 3 nitrogen and oxygen atoms in total. The topological polar surface area (TPSA) is 35.5 Å². The van der Waals surface area contributed by atoms with Gasteiger partial charge in [0.15, 0.2) is 0 Å². The molecule has 0 aromatic heterocycles. The molecule has 1 rings (SSSR count). The molecule has 98 valence electrons. The number of ether oxygens (including phenoxy) is 2. The summed E-state index contributed by atoms with van der Waals surface area (Å²) in [6, 6.07) is 9.45. The molecule has 0 saturated heterocycles. The molecule has 0 heterocycles. The molecule has 0 N–H and O–H groups in total. The summed E-state index contributed by atoms with van der Waals surface area (Å²) in [5.74, 6) is 0.464. The molecule has 1 aromatic rings. The Morgan fingerprint density at radius 1 is 1.22 bits per heavy atom. The van der Waals surface area contributed by atoms with Gasteiger partial charge in [-0.25, -0.2) is 4.79 Å². The van der Waals surface area contributed by atoms with Crippen LogP contribution in [0, 0.1) is 0 Å². The van der Waals surface area contributed by atoms with Crippen molar-refractivity contribution in [1.29, 1.82) is 0 Å². The molecular weight excluding hydrogens is 228 g/mol. The van der Waals surface area contributed by atoms with E-state index in [1.165, 1.54) is 0 Å². The van der Waals surface area contributed by atoms with E-state index in [0.717, 1.165) is 18.6 Å². The fourth-order valence-corrected chi connectivity index (χ4v) is 1.42. The number of carbonyl (C=O) groups is 1. The van der Waals surface area contributed by atoms with Crippen LogP contribution in [0.1, 0.15) is 26.7 Å². The minimum Gasteiger partial charge on any atom is -0.489 e. The van der Waals surface area contributed by atoms with Crippen molar-refractivity contribution in [2.75, 3.05) is 13.2 Å². The molecule has 0 aliphatic carbocycles. The van der Waals surface area contributed by atoms with Crippen molar-refractivity contribution in [2.24, 2.45) is 0 Å². The van der Waals surface area contributed by atoms with Gasteiger partial charge in [-0.3, -0.25) is 0 Å². The summed E-state index contributed by atoms with van der Waals surface area (Å²) in [6.45, 7) is 4.50. The van der Waals surface area contributed by atoms with Gasteiger partial charge in [0, 0.05) is 0 Å². The Labute approximate surface area is 108 Å². The molecule has 1 aromatic carbocycles. The minimum absolute atomic E-state index is 0.253. The summed E-state index contributed by atoms with van der Waals surface area (Å²) < 4.78 is 10.6. The van der Waals surface area contributed by atoms with Crippen LogP contribution in [0.25, 0.3) is 0 Å². The highest BCUT2D eigenvalue weighted by Gasteiger charge is 2.10. The maximum absolute atomic E-state index is 11.7. The number of rotatable bonds is 7. The zero-order valence-corrected chi connectivity index (χ0v) is 11.0. The van der Waals surface area contributed by atoms with Crippen LogP contribution in [0.15, 0.2) is 42.0 Å². The third-order valence-electron chi connectivity index (χ3n) is 2.35. The van der Waals surface area contributed by atoms with E-state index in [9.17, 15) is 4.79 Å². The highest BCUT2D eigenvalue weighted by Crippen LogP contribution is 2.11. The van der Waals surface area contributed by atoms with Crippen LogP contribution in [0.5, 0.6) is 5.75 Å². The highest BCUT2D eigenvalue weighted by atomic mass is 16.5. The number of esters is 1. The number of hydrogen-bond acceptors (Lipinski definition) is 3. The number of carbonyl (C=O) groups excluding carboxylic acids is 1. The lowest BCUT2D eigenvalue weighted by molar-refractivity contribution is -0.138. The second-order valence-corrected chi connectivity index (χ2v) is 3.84. The van der Waals surface area contributed by atoms with E-state index in [1.807, 2.05) is 36.4 Å². The summed E-state index contributed by atoms with van der Waals surface area (Å²) in [4.78, 5) is 11.7. The zero-order valence-electron chi connectivity index (χ0n) is 11.0. The maximum Gasteiger partial charge on any atom is 0.337 e. The number of benzene rings is 1. The van der Waals surface area contributed by atoms with Crippen LogP contribution in [0.4, 0.5) is 0 Å². The number of hydrogen-bond donors (Lipinski definition) is 0. The summed E-state index contributed by atoms with van der Waals surface area (Å²) in [7, 11) is 0. The largest absolute Gasteiger partial charge is 0.489 e. The number of unbranched alkanes of at least 4 members (excludes halogenated alkanes) is 1. The van der Waals surface area contributed by atoms with Gasteiger partial charge in [0.2, 0.25) is 0 Å². The van der Waals surface area contributed by atoms with Crippen molar-refractivity contribution < 1.29 is 14.3 Å². The molecule has 0 aliphatic rings. The summed E-state index contributed by atoms with van der Waals surface area (Å²) >= 11 is 0. The quantitative estimate of drug-likeness (QED) is 0.548. The monoisotopic (exact) mass is 248 g/mol. The highest BCUT2D eigenvalue weighted by molar-refractivity contribution is 5.88. The van der Waals surface area contributed by atoms with E-state index in [1.54, 1.807) is 6.92 Å². The van der Waals surface area contributed by atoms with Gasteiger partial charge in [0.25, 0.3) is 0 Å². The van der Waals surface area contributed by atoms with Gasteiger partial charge in [0.1, 0.15) is 12.4 Å². The predicted molar refractivity (Wildman–Crippen MR) is 71.6 cm³/mol. The Kier molecular flexibility index (Phi) is 6.62. The molecule has 3 heteroatoms. The molecule has 0 amide bonds. The molecule has 0 unspecified atom stereocenters. The Bertz CT molecular complexity index is 382. The van der Waals surface area contributed by atoms with E-state index in [-0.39, 0.29) is 12.6 Å². The third kappa shape index (κ3) is 5.04. The minimum atomic E-state index is -0.290. The first kappa shape index (κ1) is 14.3. The van der Waals surface area contributed by atoms with E-state index in [4.69, 9.17) is 9.47 Å². The molecule has 0 spiro atoms. The molecule has 0 aliphatic heterocycles. The fraction of sp³-hybridized carbons (Fsp3) is 0.400. The van der Waals surface area contributed by atoms with Gasteiger partial charge in [0.05, 0.1) is 12.2 Å². The lowest BCUT2D eigenvalue weighted by Crippen LogP contribution is -2.14. The zero-order chi connectivity index (χ0) is 13.2. The summed E-state index contributed by atoms with van der Waals surface area (Å²) in [6.07, 6.45) is 3.74. The first-order valence-electron chi connectivity index (χ1n) is 6.32. The molecule has 0 fully saturated rings. The van der Waals surface area contributed by atoms with E-state index in [0.29, 0.717) is 12.2 Å². The number of allylic oxidation sites excluding steroid dienone is 1. The molecule has 0 atom stereocenters. The lowest BCUT2D eigenvalue weighted by atomic mass is 10.2. The van der Waals surface area contributed by atoms with Crippen LogP contribution in [0.3, 0.4) is 0 Å². The van der Waals surface area contributed by atoms with Crippen LogP contribution >= 0.6 is 0 Å². The van der Waals surface area contributed by atoms with Crippen molar-refractivity contribution >= 4 is 5.97 Å². The maximum atomic E-state index is 11.7. The Balaban J connectivity index is 2.59. The first-order valence-corrected chi connectivity index (χ1v) is 6.32. The van der Waals surface area contributed by atoms with Crippen LogP contribution in [0.2, 0.25) is 0 Å². The van der Waals surface area contributed by atoms with Crippen LogP contribution < -0.4 is 4.74 Å². The normalized spacial score (nSPS) is 11.1. The summed E-state index contributed by atoms with van der Waals surface area (Å²) in [5, 5.41) is 0.